The summed E-state index contributed by atoms with van der Waals surface area (Å²) in [5.74, 6) is 0.232. The van der Waals surface area contributed by atoms with Crippen molar-refractivity contribution in [3.05, 3.63) is 39.6 Å². The van der Waals surface area contributed by atoms with Gasteiger partial charge in [0.1, 0.15) is 10.8 Å². The van der Waals surface area contributed by atoms with Gasteiger partial charge in [-0.3, -0.25) is 4.98 Å². The van der Waals surface area contributed by atoms with Gasteiger partial charge in [0.2, 0.25) is 0 Å². The predicted molar refractivity (Wildman–Crippen MR) is 72.7 cm³/mol. The Hall–Kier alpha value is -1.46. The molecular weight excluding hydrogens is 246 g/mol. The molecule has 2 aromatic rings. The van der Waals surface area contributed by atoms with E-state index in [1.165, 1.54) is 0 Å². The zero-order valence-corrected chi connectivity index (χ0v) is 11.6. The van der Waals surface area contributed by atoms with Crippen LogP contribution in [-0.4, -0.2) is 15.1 Å². The van der Waals surface area contributed by atoms with Crippen LogP contribution in [0, 0.1) is 13.8 Å². The van der Waals surface area contributed by atoms with Crippen molar-refractivity contribution in [2.24, 2.45) is 0 Å². The minimum Gasteiger partial charge on any atom is -0.506 e. The van der Waals surface area contributed by atoms with E-state index in [1.807, 2.05) is 19.2 Å². The summed E-state index contributed by atoms with van der Waals surface area (Å²) < 4.78 is 0. The van der Waals surface area contributed by atoms with Gasteiger partial charge in [0.05, 0.1) is 11.7 Å². The molecule has 18 heavy (non-hydrogen) atoms. The van der Waals surface area contributed by atoms with E-state index < -0.39 is 0 Å². The SMILES string of the molecule is Cc1csc(C(C)NCc2nc(C)ccc2O)n1. The van der Waals surface area contributed by atoms with E-state index in [0.29, 0.717) is 12.2 Å². The van der Waals surface area contributed by atoms with Crippen LogP contribution in [0.5, 0.6) is 5.75 Å². The molecule has 2 aromatic heterocycles. The van der Waals surface area contributed by atoms with Gasteiger partial charge < -0.3 is 10.4 Å². The first kappa shape index (κ1) is 13.0. The summed E-state index contributed by atoms with van der Waals surface area (Å²) in [7, 11) is 0. The standard InChI is InChI=1S/C13H17N3OS/c1-8-4-5-12(17)11(15-8)6-14-10(3)13-16-9(2)7-18-13/h4-5,7,10,14,17H,6H2,1-3H3. The average Bonchev–Trinajstić information content (AvgIpc) is 2.77. The average molecular weight is 263 g/mol. The second-order valence-electron chi connectivity index (χ2n) is 4.35. The van der Waals surface area contributed by atoms with E-state index in [0.717, 1.165) is 16.4 Å². The highest BCUT2D eigenvalue weighted by Crippen LogP contribution is 2.19. The Kier molecular flexibility index (Phi) is 3.93. The second kappa shape index (κ2) is 5.46. The Balaban J connectivity index is 2.01. The third-order valence-electron chi connectivity index (χ3n) is 2.67. The zero-order chi connectivity index (χ0) is 13.1. The predicted octanol–water partition coefficient (Wildman–Crippen LogP) is 2.71. The molecule has 2 heterocycles. The highest BCUT2D eigenvalue weighted by atomic mass is 32.1. The van der Waals surface area contributed by atoms with Crippen LogP contribution in [0.4, 0.5) is 0 Å². The Morgan fingerprint density at radius 1 is 1.28 bits per heavy atom. The third-order valence-corrected chi connectivity index (χ3v) is 3.82. The van der Waals surface area contributed by atoms with Crippen LogP contribution < -0.4 is 5.32 Å². The Morgan fingerprint density at radius 3 is 2.72 bits per heavy atom. The van der Waals surface area contributed by atoms with E-state index in [2.05, 4.69) is 22.2 Å². The normalized spacial score (nSPS) is 12.6. The van der Waals surface area contributed by atoms with Gasteiger partial charge in [0.25, 0.3) is 0 Å². The quantitative estimate of drug-likeness (QED) is 0.890. The number of aryl methyl sites for hydroxylation is 2. The molecule has 4 nitrogen and oxygen atoms in total. The van der Waals surface area contributed by atoms with Crippen LogP contribution in [0.25, 0.3) is 0 Å². The van der Waals surface area contributed by atoms with E-state index in [-0.39, 0.29) is 11.8 Å². The van der Waals surface area contributed by atoms with Gasteiger partial charge in [-0.25, -0.2) is 4.98 Å². The fourth-order valence-electron chi connectivity index (χ4n) is 1.64. The van der Waals surface area contributed by atoms with Crippen molar-refractivity contribution in [2.45, 2.75) is 33.4 Å². The Morgan fingerprint density at radius 2 is 2.06 bits per heavy atom. The van der Waals surface area contributed by atoms with Gasteiger partial charge in [-0.15, -0.1) is 11.3 Å². The monoisotopic (exact) mass is 263 g/mol. The number of hydrogen-bond donors (Lipinski definition) is 2. The highest BCUT2D eigenvalue weighted by molar-refractivity contribution is 7.09. The number of aromatic hydroxyl groups is 1. The molecular formula is C13H17N3OS. The van der Waals surface area contributed by atoms with E-state index in [4.69, 9.17) is 0 Å². The van der Waals surface area contributed by atoms with Gasteiger partial charge in [-0.05, 0) is 32.9 Å². The number of nitrogens with one attached hydrogen (secondary N) is 1. The topological polar surface area (TPSA) is 58.0 Å². The molecule has 0 aromatic carbocycles. The summed E-state index contributed by atoms with van der Waals surface area (Å²) in [4.78, 5) is 8.75. The van der Waals surface area contributed by atoms with Crippen molar-refractivity contribution >= 4 is 11.3 Å². The molecule has 0 radical (unpaired) electrons. The second-order valence-corrected chi connectivity index (χ2v) is 5.24. The molecule has 0 aliphatic carbocycles. The molecule has 96 valence electrons. The van der Waals surface area contributed by atoms with Gasteiger partial charge in [0.15, 0.2) is 0 Å². The van der Waals surface area contributed by atoms with Crippen LogP contribution in [0.15, 0.2) is 17.5 Å². The third kappa shape index (κ3) is 3.05. The van der Waals surface area contributed by atoms with Crippen LogP contribution in [0.1, 0.15) is 35.1 Å². The lowest BCUT2D eigenvalue weighted by molar-refractivity contribution is 0.454. The Bertz CT molecular complexity index is 539. The van der Waals surface area contributed by atoms with Crippen molar-refractivity contribution in [3.8, 4) is 5.75 Å². The van der Waals surface area contributed by atoms with Gasteiger partial charge in [-0.1, -0.05) is 0 Å². The Labute approximate surface area is 111 Å². The molecule has 0 amide bonds. The van der Waals surface area contributed by atoms with Crippen molar-refractivity contribution in [3.63, 3.8) is 0 Å². The molecule has 0 fully saturated rings. The zero-order valence-electron chi connectivity index (χ0n) is 10.8. The number of aromatic nitrogens is 2. The molecule has 2 N–H and O–H groups in total. The minimum atomic E-state index is 0.158. The summed E-state index contributed by atoms with van der Waals surface area (Å²) in [5, 5.41) is 16.1. The highest BCUT2D eigenvalue weighted by Gasteiger charge is 2.10. The number of thiazole rings is 1. The lowest BCUT2D eigenvalue weighted by atomic mass is 10.2. The molecule has 1 unspecified atom stereocenters. The number of hydrogen-bond acceptors (Lipinski definition) is 5. The lowest BCUT2D eigenvalue weighted by Gasteiger charge is -2.11. The molecule has 0 spiro atoms. The van der Waals surface area contributed by atoms with Crippen LogP contribution in [-0.2, 0) is 6.54 Å². The van der Waals surface area contributed by atoms with Crippen molar-refractivity contribution in [2.75, 3.05) is 0 Å². The summed E-state index contributed by atoms with van der Waals surface area (Å²) in [6, 6.07) is 3.63. The maximum Gasteiger partial charge on any atom is 0.138 e. The molecule has 2 rings (SSSR count). The smallest absolute Gasteiger partial charge is 0.138 e. The van der Waals surface area contributed by atoms with Gasteiger partial charge in [0, 0.05) is 23.3 Å². The first-order valence-electron chi connectivity index (χ1n) is 5.87. The first-order chi connectivity index (χ1) is 8.56. The lowest BCUT2D eigenvalue weighted by Crippen LogP contribution is -2.19. The first-order valence-corrected chi connectivity index (χ1v) is 6.75. The van der Waals surface area contributed by atoms with Gasteiger partial charge in [-0.2, -0.15) is 0 Å². The van der Waals surface area contributed by atoms with E-state index in [9.17, 15) is 5.11 Å². The van der Waals surface area contributed by atoms with Crippen molar-refractivity contribution in [1.82, 2.24) is 15.3 Å². The molecule has 0 saturated carbocycles. The maximum atomic E-state index is 9.71. The van der Waals surface area contributed by atoms with Crippen LogP contribution in [0.2, 0.25) is 0 Å². The van der Waals surface area contributed by atoms with E-state index >= 15 is 0 Å². The number of pyridine rings is 1. The van der Waals surface area contributed by atoms with Crippen molar-refractivity contribution < 1.29 is 5.11 Å². The van der Waals surface area contributed by atoms with Crippen LogP contribution >= 0.6 is 11.3 Å². The summed E-state index contributed by atoms with van der Waals surface area (Å²) in [6.07, 6.45) is 0. The van der Waals surface area contributed by atoms with E-state index in [1.54, 1.807) is 23.5 Å². The number of nitrogens with zero attached hydrogens (tertiary/aromatic N) is 2. The molecule has 0 bridgehead atoms. The molecule has 0 saturated heterocycles. The maximum absolute atomic E-state index is 9.71. The largest absolute Gasteiger partial charge is 0.506 e. The summed E-state index contributed by atoms with van der Waals surface area (Å²) >= 11 is 1.64. The molecule has 0 aliphatic rings. The molecule has 1 atom stereocenters. The fourth-order valence-corrected chi connectivity index (χ4v) is 2.47. The minimum absolute atomic E-state index is 0.158. The molecule has 0 aliphatic heterocycles. The number of rotatable bonds is 4. The summed E-state index contributed by atoms with van der Waals surface area (Å²) in [6.45, 7) is 6.50. The van der Waals surface area contributed by atoms with Gasteiger partial charge >= 0.3 is 0 Å². The van der Waals surface area contributed by atoms with Crippen molar-refractivity contribution in [1.29, 1.82) is 0 Å². The fraction of sp³-hybridized carbons (Fsp3) is 0.385. The molecule has 5 heteroatoms. The van der Waals surface area contributed by atoms with Crippen LogP contribution in [0.3, 0.4) is 0 Å². The summed E-state index contributed by atoms with van der Waals surface area (Å²) in [5.41, 5.74) is 2.62.